The van der Waals surface area contributed by atoms with E-state index in [1.165, 1.54) is 19.3 Å². The molecule has 0 aliphatic carbocycles. The SMILES string of the molecule is CCCC(=O)N1CCC(C(=O)N2CCCCCCC2)CC1. The summed E-state index contributed by atoms with van der Waals surface area (Å²) in [5.41, 5.74) is 0. The summed E-state index contributed by atoms with van der Waals surface area (Å²) in [4.78, 5) is 28.6. The predicted molar refractivity (Wildman–Crippen MR) is 83.9 cm³/mol. The van der Waals surface area contributed by atoms with E-state index in [4.69, 9.17) is 0 Å². The average molecular weight is 294 g/mol. The van der Waals surface area contributed by atoms with Gasteiger partial charge in [-0.2, -0.15) is 0 Å². The third-order valence-corrected chi connectivity index (χ3v) is 4.83. The fourth-order valence-electron chi connectivity index (χ4n) is 3.47. The smallest absolute Gasteiger partial charge is 0.225 e. The van der Waals surface area contributed by atoms with Gasteiger partial charge >= 0.3 is 0 Å². The van der Waals surface area contributed by atoms with Gasteiger partial charge in [-0.15, -0.1) is 0 Å². The minimum Gasteiger partial charge on any atom is -0.343 e. The fourth-order valence-corrected chi connectivity index (χ4v) is 3.47. The molecular formula is C17H30N2O2. The van der Waals surface area contributed by atoms with Crippen LogP contribution >= 0.6 is 0 Å². The van der Waals surface area contributed by atoms with Crippen LogP contribution in [0.2, 0.25) is 0 Å². The van der Waals surface area contributed by atoms with Crippen LogP contribution in [0.5, 0.6) is 0 Å². The van der Waals surface area contributed by atoms with Gasteiger partial charge in [0.05, 0.1) is 0 Å². The summed E-state index contributed by atoms with van der Waals surface area (Å²) in [5, 5.41) is 0. The molecule has 21 heavy (non-hydrogen) atoms. The normalized spacial score (nSPS) is 21.8. The first-order chi connectivity index (χ1) is 10.2. The van der Waals surface area contributed by atoms with Gasteiger partial charge in [-0.25, -0.2) is 0 Å². The summed E-state index contributed by atoms with van der Waals surface area (Å²) in [6.45, 7) is 5.45. The second-order valence-corrected chi connectivity index (χ2v) is 6.50. The lowest BCUT2D eigenvalue weighted by Gasteiger charge is -2.35. The Morgan fingerprint density at radius 1 is 0.857 bits per heavy atom. The number of hydrogen-bond acceptors (Lipinski definition) is 2. The van der Waals surface area contributed by atoms with Gasteiger partial charge < -0.3 is 9.80 Å². The maximum atomic E-state index is 12.6. The number of rotatable bonds is 3. The zero-order chi connectivity index (χ0) is 15.1. The van der Waals surface area contributed by atoms with Gasteiger partial charge in [0.25, 0.3) is 0 Å². The topological polar surface area (TPSA) is 40.6 Å². The van der Waals surface area contributed by atoms with E-state index in [-0.39, 0.29) is 11.8 Å². The Hall–Kier alpha value is -1.06. The summed E-state index contributed by atoms with van der Waals surface area (Å²) in [6.07, 6.45) is 9.40. The third-order valence-electron chi connectivity index (χ3n) is 4.83. The van der Waals surface area contributed by atoms with Crippen LogP contribution in [0, 0.1) is 5.92 Å². The monoisotopic (exact) mass is 294 g/mol. The van der Waals surface area contributed by atoms with Crippen molar-refractivity contribution in [2.45, 2.75) is 64.7 Å². The number of amides is 2. The van der Waals surface area contributed by atoms with Crippen molar-refractivity contribution in [3.05, 3.63) is 0 Å². The molecule has 2 saturated heterocycles. The molecule has 0 bridgehead atoms. The molecule has 4 heteroatoms. The first-order valence-corrected chi connectivity index (χ1v) is 8.79. The molecule has 2 rings (SSSR count). The zero-order valence-electron chi connectivity index (χ0n) is 13.5. The summed E-state index contributed by atoms with van der Waals surface area (Å²) in [5.74, 6) is 0.754. The molecule has 2 amide bonds. The van der Waals surface area contributed by atoms with E-state index in [0.717, 1.165) is 58.3 Å². The van der Waals surface area contributed by atoms with Crippen LogP contribution in [0.15, 0.2) is 0 Å². The Bertz CT molecular complexity index is 341. The van der Waals surface area contributed by atoms with Gasteiger partial charge in [0.2, 0.25) is 11.8 Å². The fraction of sp³-hybridized carbons (Fsp3) is 0.882. The van der Waals surface area contributed by atoms with E-state index < -0.39 is 0 Å². The number of hydrogen-bond donors (Lipinski definition) is 0. The van der Waals surface area contributed by atoms with Crippen LogP contribution in [0.1, 0.15) is 64.7 Å². The highest BCUT2D eigenvalue weighted by Crippen LogP contribution is 2.22. The molecule has 0 aromatic rings. The zero-order valence-corrected chi connectivity index (χ0v) is 13.5. The average Bonchev–Trinajstić information content (AvgIpc) is 2.47. The molecule has 2 aliphatic heterocycles. The number of likely N-dealkylation sites (tertiary alicyclic amines) is 2. The first-order valence-electron chi connectivity index (χ1n) is 8.79. The van der Waals surface area contributed by atoms with Crippen LogP contribution in [-0.2, 0) is 9.59 Å². The molecule has 0 radical (unpaired) electrons. The molecule has 0 spiro atoms. The minimum absolute atomic E-state index is 0.148. The Morgan fingerprint density at radius 3 is 2.00 bits per heavy atom. The van der Waals surface area contributed by atoms with Crippen LogP contribution in [0.25, 0.3) is 0 Å². The molecule has 4 nitrogen and oxygen atoms in total. The maximum Gasteiger partial charge on any atom is 0.225 e. The quantitative estimate of drug-likeness (QED) is 0.803. The Morgan fingerprint density at radius 2 is 1.43 bits per heavy atom. The van der Waals surface area contributed by atoms with Crippen molar-refractivity contribution >= 4 is 11.8 Å². The predicted octanol–water partition coefficient (Wildman–Crippen LogP) is 2.82. The highest BCUT2D eigenvalue weighted by atomic mass is 16.2. The maximum absolute atomic E-state index is 12.6. The highest BCUT2D eigenvalue weighted by Gasteiger charge is 2.29. The van der Waals surface area contributed by atoms with Gasteiger partial charge in [0.1, 0.15) is 0 Å². The summed E-state index contributed by atoms with van der Waals surface area (Å²) < 4.78 is 0. The molecule has 2 fully saturated rings. The van der Waals surface area contributed by atoms with Gasteiger partial charge in [0, 0.05) is 38.5 Å². The van der Waals surface area contributed by atoms with Crippen LogP contribution in [-0.4, -0.2) is 47.8 Å². The van der Waals surface area contributed by atoms with Crippen molar-refractivity contribution in [1.82, 2.24) is 9.80 Å². The van der Waals surface area contributed by atoms with E-state index >= 15 is 0 Å². The van der Waals surface area contributed by atoms with E-state index in [1.807, 2.05) is 11.8 Å². The van der Waals surface area contributed by atoms with E-state index in [2.05, 4.69) is 4.90 Å². The van der Waals surface area contributed by atoms with E-state index in [0.29, 0.717) is 12.3 Å². The molecular weight excluding hydrogens is 264 g/mol. The lowest BCUT2D eigenvalue weighted by molar-refractivity contribution is -0.141. The van der Waals surface area contributed by atoms with E-state index in [1.54, 1.807) is 0 Å². The van der Waals surface area contributed by atoms with Crippen molar-refractivity contribution < 1.29 is 9.59 Å². The Kier molecular flexibility index (Phi) is 6.52. The number of piperidine rings is 1. The number of carbonyl (C=O) groups is 2. The van der Waals surface area contributed by atoms with Gasteiger partial charge in [-0.05, 0) is 32.1 Å². The van der Waals surface area contributed by atoms with Gasteiger partial charge in [-0.3, -0.25) is 9.59 Å². The minimum atomic E-state index is 0.148. The Labute approximate surface area is 128 Å². The number of nitrogens with zero attached hydrogens (tertiary/aromatic N) is 2. The van der Waals surface area contributed by atoms with Crippen molar-refractivity contribution in [3.63, 3.8) is 0 Å². The molecule has 0 aromatic carbocycles. The first kappa shape index (κ1) is 16.3. The van der Waals surface area contributed by atoms with E-state index in [9.17, 15) is 9.59 Å². The van der Waals surface area contributed by atoms with Crippen LogP contribution in [0.3, 0.4) is 0 Å². The van der Waals surface area contributed by atoms with Crippen molar-refractivity contribution in [1.29, 1.82) is 0 Å². The van der Waals surface area contributed by atoms with Crippen LogP contribution in [0.4, 0.5) is 0 Å². The standard InChI is InChI=1S/C17H30N2O2/c1-2-8-16(20)18-13-9-15(10-14-18)17(21)19-11-6-4-3-5-7-12-19/h15H,2-14H2,1H3. The second-order valence-electron chi connectivity index (χ2n) is 6.50. The summed E-state index contributed by atoms with van der Waals surface area (Å²) in [6, 6.07) is 0. The molecule has 0 N–H and O–H groups in total. The van der Waals surface area contributed by atoms with Crippen molar-refractivity contribution in [2.75, 3.05) is 26.2 Å². The third kappa shape index (κ3) is 4.72. The largest absolute Gasteiger partial charge is 0.343 e. The molecule has 120 valence electrons. The molecule has 0 unspecified atom stereocenters. The number of carbonyl (C=O) groups excluding carboxylic acids is 2. The van der Waals surface area contributed by atoms with Gasteiger partial charge in [-0.1, -0.05) is 26.2 Å². The molecule has 2 heterocycles. The molecule has 0 aromatic heterocycles. The van der Waals surface area contributed by atoms with Crippen molar-refractivity contribution in [3.8, 4) is 0 Å². The summed E-state index contributed by atoms with van der Waals surface area (Å²) >= 11 is 0. The lowest BCUT2D eigenvalue weighted by Crippen LogP contribution is -2.45. The highest BCUT2D eigenvalue weighted by molar-refractivity contribution is 5.80. The Balaban J connectivity index is 1.80. The second kappa shape index (κ2) is 8.40. The van der Waals surface area contributed by atoms with Crippen LogP contribution < -0.4 is 0 Å². The molecule has 0 atom stereocenters. The lowest BCUT2D eigenvalue weighted by atomic mass is 9.94. The van der Waals surface area contributed by atoms with Gasteiger partial charge in [0.15, 0.2) is 0 Å². The summed E-state index contributed by atoms with van der Waals surface area (Å²) in [7, 11) is 0. The van der Waals surface area contributed by atoms with Crippen molar-refractivity contribution in [2.24, 2.45) is 5.92 Å². The molecule has 0 saturated carbocycles. The molecule has 2 aliphatic rings.